The van der Waals surface area contributed by atoms with Gasteiger partial charge in [-0.1, -0.05) is 0 Å². The van der Waals surface area contributed by atoms with Crippen LogP contribution in [0.25, 0.3) is 0 Å². The number of aromatic hydroxyl groups is 1. The summed E-state index contributed by atoms with van der Waals surface area (Å²) in [5.74, 6) is -0.497. The number of carbonyl (C=O) groups is 2. The highest BCUT2D eigenvalue weighted by atomic mass is 16.5. The summed E-state index contributed by atoms with van der Waals surface area (Å²) in [5.41, 5.74) is 0.0409. The van der Waals surface area contributed by atoms with Crippen LogP contribution in [0.3, 0.4) is 0 Å². The average Bonchev–Trinajstić information content (AvgIpc) is 2.41. The quantitative estimate of drug-likeness (QED) is 0.846. The average molecular weight is 264 g/mol. The van der Waals surface area contributed by atoms with Crippen LogP contribution in [0.2, 0.25) is 0 Å². The normalized spacial score (nSPS) is 19.0. The molecule has 1 aromatic carbocycles. The van der Waals surface area contributed by atoms with E-state index in [0.717, 1.165) is 12.8 Å². The molecular weight excluding hydrogens is 248 g/mol. The van der Waals surface area contributed by atoms with Gasteiger partial charge in [0.2, 0.25) is 0 Å². The summed E-state index contributed by atoms with van der Waals surface area (Å²) in [6.07, 6.45) is 2.05. The molecule has 0 aliphatic heterocycles. The van der Waals surface area contributed by atoms with Crippen molar-refractivity contribution in [2.45, 2.75) is 31.8 Å². The van der Waals surface area contributed by atoms with Gasteiger partial charge in [0, 0.05) is 12.5 Å². The fraction of sp³-hybridized carbons (Fsp3) is 0.429. The standard InChI is InChI=1S/C14H16O5/c1-18-9-6-7-10(12(16)8-9)14(17)19-13-5-3-2-4-11(13)15/h6-8,13,16H,2-5H2,1H3/t13-/m0/s1. The lowest BCUT2D eigenvalue weighted by Crippen LogP contribution is -2.30. The predicted octanol–water partition coefficient (Wildman–Crippen LogP) is 2.07. The van der Waals surface area contributed by atoms with Crippen LogP contribution in [0.15, 0.2) is 18.2 Å². The third kappa shape index (κ3) is 3.05. The van der Waals surface area contributed by atoms with E-state index in [0.29, 0.717) is 18.6 Å². The van der Waals surface area contributed by atoms with Crippen molar-refractivity contribution < 1.29 is 24.2 Å². The van der Waals surface area contributed by atoms with Gasteiger partial charge in [0.15, 0.2) is 11.9 Å². The first-order valence-electron chi connectivity index (χ1n) is 6.22. The fourth-order valence-electron chi connectivity index (χ4n) is 2.08. The number of methoxy groups -OCH3 is 1. The van der Waals surface area contributed by atoms with Gasteiger partial charge in [-0.15, -0.1) is 0 Å². The Hall–Kier alpha value is -2.04. The van der Waals surface area contributed by atoms with Crippen molar-refractivity contribution in [2.24, 2.45) is 0 Å². The van der Waals surface area contributed by atoms with E-state index in [1.807, 2.05) is 0 Å². The highest BCUT2D eigenvalue weighted by molar-refractivity contribution is 5.95. The third-order valence-electron chi connectivity index (χ3n) is 3.17. The molecule has 19 heavy (non-hydrogen) atoms. The first-order chi connectivity index (χ1) is 9.11. The molecule has 5 heteroatoms. The van der Waals surface area contributed by atoms with E-state index < -0.39 is 12.1 Å². The predicted molar refractivity (Wildman–Crippen MR) is 67.3 cm³/mol. The molecule has 1 aliphatic rings. The lowest BCUT2D eigenvalue weighted by atomic mass is 9.96. The molecule has 1 saturated carbocycles. The molecular formula is C14H16O5. The molecule has 0 bridgehead atoms. The van der Waals surface area contributed by atoms with Crippen molar-refractivity contribution in [3.63, 3.8) is 0 Å². The van der Waals surface area contributed by atoms with Crippen LogP contribution in [0, 0.1) is 0 Å². The number of phenols is 1. The number of hydrogen-bond acceptors (Lipinski definition) is 5. The second kappa shape index (κ2) is 5.73. The Morgan fingerprint density at radius 1 is 1.37 bits per heavy atom. The Labute approximate surface area is 111 Å². The van der Waals surface area contributed by atoms with Gasteiger partial charge in [-0.05, 0) is 31.4 Å². The zero-order valence-corrected chi connectivity index (χ0v) is 10.7. The number of ether oxygens (including phenoxy) is 2. The first-order valence-corrected chi connectivity index (χ1v) is 6.22. The van der Waals surface area contributed by atoms with Crippen LogP contribution in [0.1, 0.15) is 36.0 Å². The number of rotatable bonds is 3. The molecule has 0 heterocycles. The molecule has 2 rings (SSSR count). The van der Waals surface area contributed by atoms with Crippen molar-refractivity contribution in [1.82, 2.24) is 0 Å². The van der Waals surface area contributed by atoms with Crippen LogP contribution in [0.4, 0.5) is 0 Å². The molecule has 1 fully saturated rings. The van der Waals surface area contributed by atoms with Gasteiger partial charge in [-0.3, -0.25) is 4.79 Å². The summed E-state index contributed by atoms with van der Waals surface area (Å²) in [7, 11) is 1.47. The van der Waals surface area contributed by atoms with E-state index in [2.05, 4.69) is 0 Å². The van der Waals surface area contributed by atoms with E-state index >= 15 is 0 Å². The summed E-state index contributed by atoms with van der Waals surface area (Å²) in [5, 5.41) is 9.72. The second-order valence-corrected chi connectivity index (χ2v) is 4.49. The maximum Gasteiger partial charge on any atom is 0.342 e. The Morgan fingerprint density at radius 2 is 2.16 bits per heavy atom. The number of hydrogen-bond donors (Lipinski definition) is 1. The molecule has 0 amide bonds. The molecule has 0 unspecified atom stereocenters. The summed E-state index contributed by atoms with van der Waals surface area (Å²) in [4.78, 5) is 23.5. The van der Waals surface area contributed by atoms with Crippen LogP contribution in [0.5, 0.6) is 11.5 Å². The smallest absolute Gasteiger partial charge is 0.342 e. The fourth-order valence-corrected chi connectivity index (χ4v) is 2.08. The van der Waals surface area contributed by atoms with Crippen molar-refractivity contribution in [1.29, 1.82) is 0 Å². The maximum atomic E-state index is 11.9. The molecule has 0 aromatic heterocycles. The number of Topliss-reactive ketones (excluding diaryl/α,β-unsaturated/α-hetero) is 1. The van der Waals surface area contributed by atoms with Crippen molar-refractivity contribution >= 4 is 11.8 Å². The summed E-state index contributed by atoms with van der Waals surface area (Å²) in [6, 6.07) is 4.31. The lowest BCUT2D eigenvalue weighted by Gasteiger charge is -2.20. The van der Waals surface area contributed by atoms with Gasteiger partial charge in [-0.2, -0.15) is 0 Å². The summed E-state index contributed by atoms with van der Waals surface area (Å²) < 4.78 is 10.1. The number of carbonyl (C=O) groups excluding carboxylic acids is 2. The molecule has 1 aromatic rings. The molecule has 0 spiro atoms. The van der Waals surface area contributed by atoms with Crippen LogP contribution in [-0.2, 0) is 9.53 Å². The minimum atomic E-state index is -0.680. The Kier molecular flexibility index (Phi) is 4.04. The van der Waals surface area contributed by atoms with Gasteiger partial charge in [0.1, 0.15) is 17.1 Å². The zero-order valence-electron chi connectivity index (χ0n) is 10.7. The number of esters is 1. The van der Waals surface area contributed by atoms with Gasteiger partial charge in [0.05, 0.1) is 7.11 Å². The molecule has 0 saturated heterocycles. The first kappa shape index (κ1) is 13.4. The molecule has 1 aliphatic carbocycles. The van der Waals surface area contributed by atoms with Gasteiger partial charge in [0.25, 0.3) is 0 Å². The highest BCUT2D eigenvalue weighted by Crippen LogP contribution is 2.25. The minimum absolute atomic E-state index is 0.0409. The largest absolute Gasteiger partial charge is 0.507 e. The number of benzene rings is 1. The van der Waals surface area contributed by atoms with E-state index in [1.165, 1.54) is 19.2 Å². The lowest BCUT2D eigenvalue weighted by molar-refractivity contribution is -0.129. The van der Waals surface area contributed by atoms with Crippen LogP contribution < -0.4 is 4.74 Å². The van der Waals surface area contributed by atoms with Crippen molar-refractivity contribution in [3.05, 3.63) is 23.8 Å². The van der Waals surface area contributed by atoms with E-state index in [-0.39, 0.29) is 17.1 Å². The number of ketones is 1. The molecule has 1 N–H and O–H groups in total. The minimum Gasteiger partial charge on any atom is -0.507 e. The van der Waals surface area contributed by atoms with E-state index in [4.69, 9.17) is 9.47 Å². The zero-order chi connectivity index (χ0) is 13.8. The Morgan fingerprint density at radius 3 is 2.79 bits per heavy atom. The van der Waals surface area contributed by atoms with Crippen molar-refractivity contribution in [3.8, 4) is 11.5 Å². The Bertz CT molecular complexity index is 495. The van der Waals surface area contributed by atoms with Crippen LogP contribution in [-0.4, -0.2) is 30.1 Å². The molecule has 1 atom stereocenters. The molecule has 0 radical (unpaired) electrons. The van der Waals surface area contributed by atoms with Gasteiger partial charge < -0.3 is 14.6 Å². The maximum absolute atomic E-state index is 11.9. The Balaban J connectivity index is 2.09. The second-order valence-electron chi connectivity index (χ2n) is 4.49. The van der Waals surface area contributed by atoms with Crippen molar-refractivity contribution in [2.75, 3.05) is 7.11 Å². The summed E-state index contributed by atoms with van der Waals surface area (Å²) >= 11 is 0. The molecule has 5 nitrogen and oxygen atoms in total. The molecule has 102 valence electrons. The SMILES string of the molecule is COc1ccc(C(=O)O[C@H]2CCCCC2=O)c(O)c1. The monoisotopic (exact) mass is 264 g/mol. The number of phenolic OH excluding ortho intramolecular Hbond substituents is 1. The van der Waals surface area contributed by atoms with Gasteiger partial charge in [-0.25, -0.2) is 4.79 Å². The van der Waals surface area contributed by atoms with E-state index in [1.54, 1.807) is 6.07 Å². The van der Waals surface area contributed by atoms with E-state index in [9.17, 15) is 14.7 Å². The topological polar surface area (TPSA) is 72.8 Å². The summed E-state index contributed by atoms with van der Waals surface area (Å²) in [6.45, 7) is 0. The van der Waals surface area contributed by atoms with Gasteiger partial charge >= 0.3 is 5.97 Å². The van der Waals surface area contributed by atoms with Crippen LogP contribution >= 0.6 is 0 Å². The highest BCUT2D eigenvalue weighted by Gasteiger charge is 2.27. The third-order valence-corrected chi connectivity index (χ3v) is 3.17.